The molecule has 1 atom stereocenters. The lowest BCUT2D eigenvalue weighted by atomic mass is 10.1. The Bertz CT molecular complexity index is 1210. The van der Waals surface area contributed by atoms with Crippen molar-refractivity contribution >= 4 is 50.7 Å². The van der Waals surface area contributed by atoms with Crippen LogP contribution in [0.5, 0.6) is 11.5 Å². The first-order chi connectivity index (χ1) is 17.5. The van der Waals surface area contributed by atoms with E-state index in [4.69, 9.17) is 32.7 Å². The van der Waals surface area contributed by atoms with Gasteiger partial charge in [0.15, 0.2) is 0 Å². The molecule has 9 nitrogen and oxygen atoms in total. The van der Waals surface area contributed by atoms with Gasteiger partial charge in [0.05, 0.1) is 36.2 Å². The molecule has 204 valence electrons. The Kier molecular flexibility index (Phi) is 11.3. The van der Waals surface area contributed by atoms with Crippen molar-refractivity contribution in [1.82, 2.24) is 10.2 Å². The number of methoxy groups -OCH3 is 2. The van der Waals surface area contributed by atoms with Gasteiger partial charge in [0.2, 0.25) is 21.8 Å². The van der Waals surface area contributed by atoms with E-state index in [0.717, 1.165) is 17.0 Å². The summed E-state index contributed by atoms with van der Waals surface area (Å²) >= 11 is 12.2. The highest BCUT2D eigenvalue weighted by atomic mass is 35.5. The zero-order chi connectivity index (χ0) is 27.8. The number of ether oxygens (including phenoxy) is 2. The molecule has 0 radical (unpaired) electrons. The lowest BCUT2D eigenvalue weighted by Gasteiger charge is -2.33. The minimum atomic E-state index is -3.92. The number of nitrogens with zero attached hydrogens (tertiary/aromatic N) is 2. The van der Waals surface area contributed by atoms with Gasteiger partial charge in [-0.2, -0.15) is 0 Å². The van der Waals surface area contributed by atoms with Crippen LogP contribution in [0.2, 0.25) is 10.0 Å². The minimum Gasteiger partial charge on any atom is -0.497 e. The molecule has 2 amide bonds. The second-order valence-corrected chi connectivity index (χ2v) is 11.0. The molecule has 12 heteroatoms. The molecule has 0 aliphatic rings. The second-order valence-electron chi connectivity index (χ2n) is 8.29. The lowest BCUT2D eigenvalue weighted by molar-refractivity contribution is -0.140. The highest BCUT2D eigenvalue weighted by Gasteiger charge is 2.32. The van der Waals surface area contributed by atoms with Gasteiger partial charge in [0, 0.05) is 19.2 Å². The number of carbonyl (C=O) groups is 2. The Morgan fingerprint density at radius 1 is 1.03 bits per heavy atom. The maximum Gasteiger partial charge on any atom is 0.244 e. The molecule has 0 fully saturated rings. The van der Waals surface area contributed by atoms with Crippen LogP contribution in [0.3, 0.4) is 0 Å². The van der Waals surface area contributed by atoms with E-state index < -0.39 is 28.5 Å². The molecule has 37 heavy (non-hydrogen) atoms. The number of nitrogens with one attached hydrogen (secondary N) is 1. The zero-order valence-corrected chi connectivity index (χ0v) is 23.9. The Morgan fingerprint density at radius 3 is 2.27 bits per heavy atom. The van der Waals surface area contributed by atoms with Crippen molar-refractivity contribution in [3.8, 4) is 11.5 Å². The van der Waals surface area contributed by atoms with Crippen LogP contribution in [0.1, 0.15) is 32.3 Å². The Morgan fingerprint density at radius 2 is 1.73 bits per heavy atom. The van der Waals surface area contributed by atoms with Crippen molar-refractivity contribution < 1.29 is 27.5 Å². The SMILES string of the molecule is CCCNC(=O)C(CC)N(Cc1ccc(Cl)c(Cl)c1)C(=O)CN(c1ccc(OC)cc1OC)S(C)(=O)=O. The number of carbonyl (C=O) groups excluding carboxylic acids is 2. The number of anilines is 1. The fourth-order valence-corrected chi connectivity index (χ4v) is 4.88. The van der Waals surface area contributed by atoms with Crippen molar-refractivity contribution in [2.75, 3.05) is 37.9 Å². The van der Waals surface area contributed by atoms with E-state index in [1.54, 1.807) is 31.2 Å². The van der Waals surface area contributed by atoms with Gasteiger partial charge in [-0.05, 0) is 42.7 Å². The van der Waals surface area contributed by atoms with Gasteiger partial charge in [-0.15, -0.1) is 0 Å². The van der Waals surface area contributed by atoms with Gasteiger partial charge in [-0.3, -0.25) is 13.9 Å². The van der Waals surface area contributed by atoms with Crippen LogP contribution in [0, 0.1) is 0 Å². The van der Waals surface area contributed by atoms with Crippen LogP contribution in [0.4, 0.5) is 5.69 Å². The lowest BCUT2D eigenvalue weighted by Crippen LogP contribution is -2.52. The number of benzene rings is 2. The number of hydrogen-bond acceptors (Lipinski definition) is 6. The molecule has 2 aromatic rings. The predicted octanol–water partition coefficient (Wildman–Crippen LogP) is 4.11. The normalized spacial score (nSPS) is 12.0. The number of hydrogen-bond donors (Lipinski definition) is 1. The third-order valence-corrected chi connectivity index (χ3v) is 7.47. The summed E-state index contributed by atoms with van der Waals surface area (Å²) in [7, 11) is -1.06. The van der Waals surface area contributed by atoms with Crippen molar-refractivity contribution in [1.29, 1.82) is 0 Å². The summed E-state index contributed by atoms with van der Waals surface area (Å²) in [4.78, 5) is 28.1. The van der Waals surface area contributed by atoms with Crippen LogP contribution in [0.25, 0.3) is 0 Å². The molecule has 0 spiro atoms. The van der Waals surface area contributed by atoms with Crippen LogP contribution in [0.15, 0.2) is 36.4 Å². The Balaban J connectivity index is 2.51. The minimum absolute atomic E-state index is 0.0190. The predicted molar refractivity (Wildman–Crippen MR) is 146 cm³/mol. The molecule has 0 aromatic heterocycles. The van der Waals surface area contributed by atoms with Crippen molar-refractivity contribution in [2.45, 2.75) is 39.3 Å². The van der Waals surface area contributed by atoms with E-state index in [2.05, 4.69) is 5.32 Å². The smallest absolute Gasteiger partial charge is 0.244 e. The number of sulfonamides is 1. The van der Waals surface area contributed by atoms with E-state index in [0.29, 0.717) is 34.3 Å². The van der Waals surface area contributed by atoms with Gasteiger partial charge < -0.3 is 19.7 Å². The first kappa shape index (κ1) is 30.5. The standard InChI is InChI=1S/C25H33Cl2N3O6S/c1-6-12-28-25(32)21(7-2)29(15-17-8-10-19(26)20(27)13-17)24(31)16-30(37(5,33)34)22-11-9-18(35-3)14-23(22)36-4/h8-11,13-14,21H,6-7,12,15-16H2,1-5H3,(H,28,32). The van der Waals surface area contributed by atoms with E-state index in [-0.39, 0.29) is 23.9 Å². The van der Waals surface area contributed by atoms with E-state index in [1.165, 1.54) is 31.3 Å². The summed E-state index contributed by atoms with van der Waals surface area (Å²) < 4.78 is 37.2. The fraction of sp³-hybridized carbons (Fsp3) is 0.440. The summed E-state index contributed by atoms with van der Waals surface area (Å²) in [5, 5.41) is 3.48. The molecule has 0 aliphatic carbocycles. The monoisotopic (exact) mass is 573 g/mol. The molecule has 0 bridgehead atoms. The molecule has 2 rings (SSSR count). The third-order valence-electron chi connectivity index (χ3n) is 5.61. The molecular formula is C25H33Cl2N3O6S. The summed E-state index contributed by atoms with van der Waals surface area (Å²) in [5.41, 5.74) is 0.801. The molecule has 1 unspecified atom stereocenters. The van der Waals surface area contributed by atoms with Gasteiger partial charge in [0.1, 0.15) is 24.1 Å². The maximum atomic E-state index is 13.7. The largest absolute Gasteiger partial charge is 0.497 e. The summed E-state index contributed by atoms with van der Waals surface area (Å²) in [6.07, 6.45) is 2.04. The van der Waals surface area contributed by atoms with Crippen molar-refractivity contribution in [3.05, 3.63) is 52.0 Å². The third kappa shape index (κ3) is 8.15. The Labute approximate surface area is 228 Å². The highest BCUT2D eigenvalue weighted by Crippen LogP contribution is 2.34. The number of amides is 2. The van der Waals surface area contributed by atoms with Gasteiger partial charge in [0.25, 0.3) is 0 Å². The van der Waals surface area contributed by atoms with Gasteiger partial charge in [-0.1, -0.05) is 43.1 Å². The topological polar surface area (TPSA) is 105 Å². The molecule has 0 aliphatic heterocycles. The van der Waals surface area contributed by atoms with Crippen LogP contribution in [-0.2, 0) is 26.2 Å². The van der Waals surface area contributed by atoms with Crippen LogP contribution >= 0.6 is 23.2 Å². The molecule has 0 saturated carbocycles. The highest BCUT2D eigenvalue weighted by molar-refractivity contribution is 7.92. The maximum absolute atomic E-state index is 13.7. The average molecular weight is 575 g/mol. The van der Waals surface area contributed by atoms with E-state index in [1.807, 2.05) is 6.92 Å². The quantitative estimate of drug-likeness (QED) is 0.386. The average Bonchev–Trinajstić information content (AvgIpc) is 2.86. The summed E-state index contributed by atoms with van der Waals surface area (Å²) in [6, 6.07) is 8.67. The zero-order valence-electron chi connectivity index (χ0n) is 21.6. The second kappa shape index (κ2) is 13.7. The van der Waals surface area contributed by atoms with Gasteiger partial charge >= 0.3 is 0 Å². The summed E-state index contributed by atoms with van der Waals surface area (Å²) in [6.45, 7) is 3.62. The van der Waals surface area contributed by atoms with E-state index >= 15 is 0 Å². The molecule has 0 saturated heterocycles. The molecule has 2 aromatic carbocycles. The molecule has 1 N–H and O–H groups in total. The van der Waals surface area contributed by atoms with E-state index in [9.17, 15) is 18.0 Å². The van der Waals surface area contributed by atoms with Crippen LogP contribution in [-0.4, -0.2) is 64.7 Å². The van der Waals surface area contributed by atoms with Crippen LogP contribution < -0.4 is 19.1 Å². The number of rotatable bonds is 13. The molecular weight excluding hydrogens is 541 g/mol. The number of halogens is 2. The molecule has 0 heterocycles. The Hall–Kier alpha value is -2.69. The first-order valence-electron chi connectivity index (χ1n) is 11.7. The van der Waals surface area contributed by atoms with Gasteiger partial charge in [-0.25, -0.2) is 8.42 Å². The summed E-state index contributed by atoms with van der Waals surface area (Å²) in [5.74, 6) is -0.236. The van der Waals surface area contributed by atoms with Crippen molar-refractivity contribution in [2.24, 2.45) is 0 Å². The van der Waals surface area contributed by atoms with Crippen molar-refractivity contribution in [3.63, 3.8) is 0 Å². The first-order valence-corrected chi connectivity index (χ1v) is 14.3. The fourth-order valence-electron chi connectivity index (χ4n) is 3.71.